The van der Waals surface area contributed by atoms with Gasteiger partial charge in [0.25, 0.3) is 0 Å². The summed E-state index contributed by atoms with van der Waals surface area (Å²) in [7, 11) is 1.54. The van der Waals surface area contributed by atoms with Gasteiger partial charge >= 0.3 is 12.1 Å². The van der Waals surface area contributed by atoms with E-state index >= 15 is 0 Å². The van der Waals surface area contributed by atoms with Gasteiger partial charge in [-0.1, -0.05) is 48.0 Å². The molecule has 0 aliphatic rings. The van der Waals surface area contributed by atoms with Crippen LogP contribution in [0.2, 0.25) is 5.02 Å². The van der Waals surface area contributed by atoms with Crippen molar-refractivity contribution in [2.24, 2.45) is 5.41 Å². The molecule has 2 atom stereocenters. The van der Waals surface area contributed by atoms with Crippen LogP contribution in [0.4, 0.5) is 4.79 Å². The normalized spacial score (nSPS) is 14.1. The van der Waals surface area contributed by atoms with Crippen molar-refractivity contribution in [3.63, 3.8) is 0 Å². The van der Waals surface area contributed by atoms with E-state index in [0.29, 0.717) is 17.9 Å². The lowest BCUT2D eigenvalue weighted by Crippen LogP contribution is -2.46. The van der Waals surface area contributed by atoms with Crippen molar-refractivity contribution in [1.29, 1.82) is 0 Å². The molecule has 0 saturated heterocycles. The van der Waals surface area contributed by atoms with Crippen molar-refractivity contribution in [2.45, 2.75) is 59.1 Å². The Kier molecular flexibility index (Phi) is 9.95. The standard InChI is InChI=1S/C27H36ClNO5/c1-7-33-24(30)27(5,18-32-6)17-23(29-25(31)34-26(2,3)4)15-19-11-13-20(14-12-19)21-9-8-10-22(28)16-21/h8-14,16,23H,7,15,17-18H2,1-6H3,(H,29,31)/t23-,27+/m1/s1. The summed E-state index contributed by atoms with van der Waals surface area (Å²) in [6, 6.07) is 15.4. The van der Waals surface area contributed by atoms with Gasteiger partial charge in [-0.2, -0.15) is 0 Å². The molecular formula is C27H36ClNO5. The third-order valence-corrected chi connectivity index (χ3v) is 5.48. The van der Waals surface area contributed by atoms with E-state index in [2.05, 4.69) is 5.32 Å². The largest absolute Gasteiger partial charge is 0.466 e. The van der Waals surface area contributed by atoms with Crippen LogP contribution in [0.1, 0.15) is 46.6 Å². The first-order valence-electron chi connectivity index (χ1n) is 11.5. The lowest BCUT2D eigenvalue weighted by molar-refractivity contribution is -0.158. The molecule has 7 heteroatoms. The zero-order valence-electron chi connectivity index (χ0n) is 20.9. The van der Waals surface area contributed by atoms with Crippen LogP contribution in [0.3, 0.4) is 0 Å². The lowest BCUT2D eigenvalue weighted by atomic mass is 9.82. The molecule has 0 radical (unpaired) electrons. The molecule has 2 aromatic carbocycles. The Hall–Kier alpha value is -2.57. The quantitative estimate of drug-likeness (QED) is 0.411. The fraction of sp³-hybridized carbons (Fsp3) is 0.481. The molecule has 0 heterocycles. The van der Waals surface area contributed by atoms with Crippen LogP contribution in [0, 0.1) is 5.41 Å². The van der Waals surface area contributed by atoms with Gasteiger partial charge < -0.3 is 19.5 Å². The fourth-order valence-electron chi connectivity index (χ4n) is 3.80. The van der Waals surface area contributed by atoms with Crippen molar-refractivity contribution in [3.8, 4) is 11.1 Å². The highest BCUT2D eigenvalue weighted by atomic mass is 35.5. The van der Waals surface area contributed by atoms with E-state index in [1.807, 2.05) is 69.3 Å². The van der Waals surface area contributed by atoms with E-state index in [1.54, 1.807) is 21.0 Å². The molecule has 0 aromatic heterocycles. The molecule has 34 heavy (non-hydrogen) atoms. The van der Waals surface area contributed by atoms with Crippen LogP contribution in [-0.4, -0.2) is 44.0 Å². The van der Waals surface area contributed by atoms with Crippen LogP contribution in [0.5, 0.6) is 0 Å². The highest BCUT2D eigenvalue weighted by Crippen LogP contribution is 2.28. The minimum atomic E-state index is -0.925. The molecule has 186 valence electrons. The van der Waals surface area contributed by atoms with Gasteiger partial charge in [0.1, 0.15) is 5.60 Å². The number of hydrogen-bond donors (Lipinski definition) is 1. The van der Waals surface area contributed by atoms with Gasteiger partial charge in [0.2, 0.25) is 0 Å². The molecule has 0 bridgehead atoms. The molecule has 1 amide bonds. The molecule has 6 nitrogen and oxygen atoms in total. The van der Waals surface area contributed by atoms with E-state index in [4.69, 9.17) is 25.8 Å². The molecule has 0 aliphatic heterocycles. The van der Waals surface area contributed by atoms with E-state index in [-0.39, 0.29) is 25.2 Å². The molecule has 0 unspecified atom stereocenters. The molecule has 1 N–H and O–H groups in total. The minimum absolute atomic E-state index is 0.173. The monoisotopic (exact) mass is 489 g/mol. The number of alkyl carbamates (subject to hydrolysis) is 1. The van der Waals surface area contributed by atoms with Gasteiger partial charge in [0, 0.05) is 18.2 Å². The summed E-state index contributed by atoms with van der Waals surface area (Å²) in [6.07, 6.45) is 0.305. The Morgan fingerprint density at radius 3 is 2.26 bits per heavy atom. The van der Waals surface area contributed by atoms with Crippen molar-refractivity contribution < 1.29 is 23.8 Å². The summed E-state index contributed by atoms with van der Waals surface area (Å²) in [5.74, 6) is -0.357. The van der Waals surface area contributed by atoms with Gasteiger partial charge in [-0.15, -0.1) is 0 Å². The summed E-state index contributed by atoms with van der Waals surface area (Å²) in [4.78, 5) is 25.3. The molecule has 0 fully saturated rings. The predicted octanol–water partition coefficient (Wildman–Crippen LogP) is 6.05. The first-order valence-corrected chi connectivity index (χ1v) is 11.8. The fourth-order valence-corrected chi connectivity index (χ4v) is 3.99. The van der Waals surface area contributed by atoms with Gasteiger partial charge in [-0.05, 0) is 76.3 Å². The van der Waals surface area contributed by atoms with Crippen molar-refractivity contribution in [3.05, 3.63) is 59.1 Å². The first kappa shape index (κ1) is 27.7. The molecule has 0 aliphatic carbocycles. The van der Waals surface area contributed by atoms with E-state index in [1.165, 1.54) is 0 Å². The van der Waals surface area contributed by atoms with Crippen molar-refractivity contribution in [1.82, 2.24) is 5.32 Å². The van der Waals surface area contributed by atoms with E-state index in [9.17, 15) is 9.59 Å². The number of ether oxygens (including phenoxy) is 3. The van der Waals surface area contributed by atoms with E-state index < -0.39 is 17.1 Å². The number of amides is 1. The second-order valence-corrected chi connectivity index (χ2v) is 10.1. The smallest absolute Gasteiger partial charge is 0.407 e. The number of rotatable bonds is 10. The van der Waals surface area contributed by atoms with Gasteiger partial charge in [-0.3, -0.25) is 4.79 Å². The number of carbonyl (C=O) groups is 2. The summed E-state index contributed by atoms with van der Waals surface area (Å²) in [5, 5.41) is 3.63. The van der Waals surface area contributed by atoms with Crippen LogP contribution in [0.25, 0.3) is 11.1 Å². The number of nitrogens with one attached hydrogen (secondary N) is 1. The molecular weight excluding hydrogens is 454 g/mol. The average molecular weight is 490 g/mol. The summed E-state index contributed by atoms with van der Waals surface area (Å²) >= 11 is 6.12. The predicted molar refractivity (Wildman–Crippen MR) is 135 cm³/mol. The second-order valence-electron chi connectivity index (χ2n) is 9.67. The highest BCUT2D eigenvalue weighted by Gasteiger charge is 2.38. The maximum Gasteiger partial charge on any atom is 0.407 e. The zero-order chi connectivity index (χ0) is 25.4. The van der Waals surface area contributed by atoms with Gasteiger partial charge in [0.05, 0.1) is 18.6 Å². The Labute approximate surface area is 207 Å². The average Bonchev–Trinajstić information content (AvgIpc) is 2.73. The third kappa shape index (κ3) is 8.65. The highest BCUT2D eigenvalue weighted by molar-refractivity contribution is 6.30. The lowest BCUT2D eigenvalue weighted by Gasteiger charge is -2.31. The maximum atomic E-state index is 12.7. The van der Waals surface area contributed by atoms with Crippen molar-refractivity contribution in [2.75, 3.05) is 20.3 Å². The SMILES string of the molecule is CCOC(=O)[C@](C)(COC)C[C@@H](Cc1ccc(-c2cccc(Cl)c2)cc1)NC(=O)OC(C)(C)C. The number of esters is 1. The topological polar surface area (TPSA) is 73.9 Å². The molecule has 0 saturated carbocycles. The third-order valence-electron chi connectivity index (χ3n) is 5.24. The molecule has 2 aromatic rings. The number of methoxy groups -OCH3 is 1. The maximum absolute atomic E-state index is 12.7. The first-order chi connectivity index (χ1) is 16.0. The number of halogens is 1. The van der Waals surface area contributed by atoms with Gasteiger partial charge in [-0.25, -0.2) is 4.79 Å². The Morgan fingerprint density at radius 2 is 1.71 bits per heavy atom. The van der Waals surface area contributed by atoms with E-state index in [0.717, 1.165) is 16.7 Å². The number of benzene rings is 2. The second kappa shape index (κ2) is 12.2. The Balaban J connectivity index is 2.26. The van der Waals surface area contributed by atoms with Gasteiger partial charge in [0.15, 0.2) is 0 Å². The Morgan fingerprint density at radius 1 is 1.03 bits per heavy atom. The number of carbonyl (C=O) groups excluding carboxylic acids is 2. The summed E-state index contributed by atoms with van der Waals surface area (Å²) in [6.45, 7) is 9.43. The minimum Gasteiger partial charge on any atom is -0.466 e. The summed E-state index contributed by atoms with van der Waals surface area (Å²) < 4.78 is 16.1. The van der Waals surface area contributed by atoms with Crippen LogP contribution >= 0.6 is 11.6 Å². The Bertz CT molecular complexity index is 954. The van der Waals surface area contributed by atoms with Crippen LogP contribution in [-0.2, 0) is 25.4 Å². The number of hydrogen-bond acceptors (Lipinski definition) is 5. The molecule has 0 spiro atoms. The van der Waals surface area contributed by atoms with Crippen molar-refractivity contribution >= 4 is 23.7 Å². The summed E-state index contributed by atoms with van der Waals surface area (Å²) in [5.41, 5.74) is 1.52. The van der Waals surface area contributed by atoms with Crippen LogP contribution < -0.4 is 5.32 Å². The zero-order valence-corrected chi connectivity index (χ0v) is 21.7. The van der Waals surface area contributed by atoms with Crippen LogP contribution in [0.15, 0.2) is 48.5 Å². The molecule has 2 rings (SSSR count).